The van der Waals surface area contributed by atoms with E-state index >= 15 is 0 Å². The minimum Gasteiger partial charge on any atom is -0.496 e. The van der Waals surface area contributed by atoms with E-state index in [9.17, 15) is 4.79 Å². The Kier molecular flexibility index (Phi) is 4.05. The molecule has 2 heterocycles. The highest BCUT2D eigenvalue weighted by molar-refractivity contribution is 7.14. The van der Waals surface area contributed by atoms with Gasteiger partial charge in [-0.3, -0.25) is 4.79 Å². The first-order valence-electron chi connectivity index (χ1n) is 8.10. The number of aryl methyl sites for hydroxylation is 1. The van der Waals surface area contributed by atoms with Gasteiger partial charge in [-0.2, -0.15) is 0 Å². The van der Waals surface area contributed by atoms with Crippen LogP contribution in [-0.4, -0.2) is 18.0 Å². The average molecular weight is 354 g/mol. The predicted molar refractivity (Wildman–Crippen MR) is 97.0 cm³/mol. The summed E-state index contributed by atoms with van der Waals surface area (Å²) in [5, 5.41) is 5.46. The molecule has 1 amide bonds. The van der Waals surface area contributed by atoms with E-state index in [2.05, 4.69) is 10.3 Å². The number of hydrogen-bond donors (Lipinski definition) is 1. The van der Waals surface area contributed by atoms with Gasteiger partial charge in [-0.25, -0.2) is 4.98 Å². The van der Waals surface area contributed by atoms with Crippen LogP contribution in [0.15, 0.2) is 46.4 Å². The summed E-state index contributed by atoms with van der Waals surface area (Å²) in [6.07, 6.45) is 2.47. The molecule has 25 heavy (non-hydrogen) atoms. The number of methoxy groups -OCH3 is 1. The first kappa shape index (κ1) is 15.9. The van der Waals surface area contributed by atoms with Crippen molar-refractivity contribution in [1.82, 2.24) is 4.98 Å². The molecule has 5 nitrogen and oxygen atoms in total. The number of nitrogens with zero attached hydrogens (tertiary/aromatic N) is 1. The maximum absolute atomic E-state index is 12.4. The van der Waals surface area contributed by atoms with Crippen LogP contribution in [-0.2, 0) is 4.79 Å². The quantitative estimate of drug-likeness (QED) is 0.734. The topological polar surface area (TPSA) is 64.4 Å². The van der Waals surface area contributed by atoms with E-state index in [0.29, 0.717) is 5.13 Å². The Balaban J connectivity index is 1.47. The number of amides is 1. The second kappa shape index (κ2) is 6.37. The van der Waals surface area contributed by atoms with Crippen LogP contribution in [0.1, 0.15) is 23.7 Å². The Morgan fingerprint density at radius 1 is 1.40 bits per heavy atom. The lowest BCUT2D eigenvalue weighted by Gasteiger charge is -2.07. The van der Waals surface area contributed by atoms with Crippen LogP contribution in [0.4, 0.5) is 5.13 Å². The van der Waals surface area contributed by atoms with Crippen molar-refractivity contribution >= 4 is 22.4 Å². The Morgan fingerprint density at radius 2 is 2.28 bits per heavy atom. The first-order chi connectivity index (χ1) is 12.2. The normalized spacial score (nSPS) is 18.8. The van der Waals surface area contributed by atoms with Crippen molar-refractivity contribution in [2.75, 3.05) is 12.4 Å². The monoisotopic (exact) mass is 354 g/mol. The molecule has 4 rings (SSSR count). The number of benzene rings is 1. The number of ether oxygens (including phenoxy) is 1. The summed E-state index contributed by atoms with van der Waals surface area (Å²) in [6, 6.07) is 9.74. The Bertz CT molecular complexity index is 901. The van der Waals surface area contributed by atoms with Crippen molar-refractivity contribution < 1.29 is 13.9 Å². The van der Waals surface area contributed by atoms with Gasteiger partial charge < -0.3 is 14.5 Å². The van der Waals surface area contributed by atoms with Gasteiger partial charge in [-0.05, 0) is 37.6 Å². The van der Waals surface area contributed by atoms with Crippen molar-refractivity contribution in [3.05, 3.63) is 53.3 Å². The lowest BCUT2D eigenvalue weighted by Crippen LogP contribution is -2.14. The number of rotatable bonds is 5. The summed E-state index contributed by atoms with van der Waals surface area (Å²) < 4.78 is 10.8. The van der Waals surface area contributed by atoms with E-state index in [1.54, 1.807) is 13.4 Å². The smallest absolute Gasteiger partial charge is 0.230 e. The number of hydrogen-bond acceptors (Lipinski definition) is 5. The zero-order valence-electron chi connectivity index (χ0n) is 14.0. The van der Waals surface area contributed by atoms with Crippen molar-refractivity contribution in [2.45, 2.75) is 19.3 Å². The summed E-state index contributed by atoms with van der Waals surface area (Å²) in [7, 11) is 1.64. The summed E-state index contributed by atoms with van der Waals surface area (Å²) in [5.41, 5.74) is 2.87. The highest BCUT2D eigenvalue weighted by atomic mass is 32.1. The molecule has 0 radical (unpaired) electrons. The van der Waals surface area contributed by atoms with Crippen LogP contribution in [0.25, 0.3) is 11.3 Å². The number of carbonyl (C=O) groups is 1. The number of furan rings is 1. The highest BCUT2D eigenvalue weighted by Gasteiger charge is 2.46. The van der Waals surface area contributed by atoms with E-state index in [1.165, 1.54) is 11.3 Å². The molecule has 0 spiro atoms. The molecule has 128 valence electrons. The fourth-order valence-electron chi connectivity index (χ4n) is 2.98. The van der Waals surface area contributed by atoms with Gasteiger partial charge >= 0.3 is 0 Å². The molecule has 2 unspecified atom stereocenters. The van der Waals surface area contributed by atoms with Gasteiger partial charge in [-0.15, -0.1) is 11.3 Å². The third kappa shape index (κ3) is 3.17. The van der Waals surface area contributed by atoms with Crippen LogP contribution >= 0.6 is 11.3 Å². The standard InChI is InChI=1S/C19H18N2O3S/c1-11-5-6-16(23-2)14(8-11)15-10-25-19(20-15)21-18(22)13-9-12(13)17-4-3-7-24-17/h3-8,10,12-13H,9H2,1-2H3,(H,20,21,22). The van der Waals surface area contributed by atoms with Crippen molar-refractivity contribution in [3.8, 4) is 17.0 Å². The van der Waals surface area contributed by atoms with E-state index < -0.39 is 0 Å². The summed E-state index contributed by atoms with van der Waals surface area (Å²) in [5.74, 6) is 1.80. The molecular formula is C19H18N2O3S. The molecule has 3 aromatic rings. The molecule has 1 aromatic carbocycles. The maximum atomic E-state index is 12.4. The minimum absolute atomic E-state index is 0.00138. The Hall–Kier alpha value is -2.60. The molecule has 2 aromatic heterocycles. The number of anilines is 1. The van der Waals surface area contributed by atoms with Gasteiger partial charge in [0.05, 0.1) is 19.1 Å². The fraction of sp³-hybridized carbons (Fsp3) is 0.263. The zero-order valence-corrected chi connectivity index (χ0v) is 14.8. The first-order valence-corrected chi connectivity index (χ1v) is 8.98. The lowest BCUT2D eigenvalue weighted by molar-refractivity contribution is -0.117. The summed E-state index contributed by atoms with van der Waals surface area (Å²) >= 11 is 1.42. The number of aromatic nitrogens is 1. The fourth-order valence-corrected chi connectivity index (χ4v) is 3.69. The third-order valence-corrected chi connectivity index (χ3v) is 5.16. The van der Waals surface area contributed by atoms with Crippen LogP contribution in [0.2, 0.25) is 0 Å². The summed E-state index contributed by atoms with van der Waals surface area (Å²) in [6.45, 7) is 2.03. The zero-order chi connectivity index (χ0) is 17.4. The van der Waals surface area contributed by atoms with Gasteiger partial charge in [0.2, 0.25) is 5.91 Å². The Labute approximate surface area is 149 Å². The molecule has 1 fully saturated rings. The van der Waals surface area contributed by atoms with Crippen LogP contribution in [0.3, 0.4) is 0 Å². The molecule has 1 saturated carbocycles. The summed E-state index contributed by atoms with van der Waals surface area (Å²) in [4.78, 5) is 16.9. The Morgan fingerprint density at radius 3 is 3.04 bits per heavy atom. The van der Waals surface area contributed by atoms with Crippen molar-refractivity contribution in [1.29, 1.82) is 0 Å². The molecule has 1 aliphatic rings. The largest absolute Gasteiger partial charge is 0.496 e. The van der Waals surface area contributed by atoms with Gasteiger partial charge in [0.25, 0.3) is 0 Å². The van der Waals surface area contributed by atoms with Crippen LogP contribution in [0.5, 0.6) is 5.75 Å². The molecule has 6 heteroatoms. The van der Waals surface area contributed by atoms with E-state index in [-0.39, 0.29) is 17.7 Å². The van der Waals surface area contributed by atoms with Gasteiger partial charge in [0.1, 0.15) is 11.5 Å². The van der Waals surface area contributed by atoms with E-state index in [1.807, 2.05) is 42.6 Å². The SMILES string of the molecule is COc1ccc(C)cc1-c1csc(NC(=O)C2CC2c2ccco2)n1. The van der Waals surface area contributed by atoms with Gasteiger partial charge in [0.15, 0.2) is 5.13 Å². The van der Waals surface area contributed by atoms with E-state index in [4.69, 9.17) is 9.15 Å². The second-order valence-corrected chi connectivity index (χ2v) is 7.05. The highest BCUT2D eigenvalue weighted by Crippen LogP contribution is 2.48. The lowest BCUT2D eigenvalue weighted by atomic mass is 10.1. The molecular weight excluding hydrogens is 336 g/mol. The molecule has 0 bridgehead atoms. The van der Waals surface area contributed by atoms with Gasteiger partial charge in [0, 0.05) is 22.8 Å². The molecule has 2 atom stereocenters. The van der Waals surface area contributed by atoms with Gasteiger partial charge in [-0.1, -0.05) is 11.6 Å². The molecule has 0 saturated heterocycles. The average Bonchev–Trinajstić information content (AvgIpc) is 3.02. The van der Waals surface area contributed by atoms with Crippen LogP contribution < -0.4 is 10.1 Å². The predicted octanol–water partition coefficient (Wildman–Crippen LogP) is 4.46. The number of nitrogens with one attached hydrogen (secondary N) is 1. The maximum Gasteiger partial charge on any atom is 0.230 e. The molecule has 0 aliphatic heterocycles. The van der Waals surface area contributed by atoms with Crippen LogP contribution in [0, 0.1) is 12.8 Å². The second-order valence-electron chi connectivity index (χ2n) is 6.19. The van der Waals surface area contributed by atoms with Crippen molar-refractivity contribution in [3.63, 3.8) is 0 Å². The van der Waals surface area contributed by atoms with Crippen molar-refractivity contribution in [2.24, 2.45) is 5.92 Å². The molecule has 1 N–H and O–H groups in total. The number of carbonyl (C=O) groups excluding carboxylic acids is 1. The van der Waals surface area contributed by atoms with E-state index in [0.717, 1.165) is 34.8 Å². The molecule has 1 aliphatic carbocycles. The number of thiazole rings is 1. The minimum atomic E-state index is -0.0352. The third-order valence-electron chi connectivity index (χ3n) is 4.40.